The van der Waals surface area contributed by atoms with Crippen molar-refractivity contribution in [3.05, 3.63) is 23.8 Å². The molecule has 0 saturated heterocycles. The third kappa shape index (κ3) is 2.08. The van der Waals surface area contributed by atoms with E-state index in [0.717, 1.165) is 44.1 Å². The summed E-state index contributed by atoms with van der Waals surface area (Å²) >= 11 is 0. The van der Waals surface area contributed by atoms with Gasteiger partial charge in [0.2, 0.25) is 0 Å². The maximum atomic E-state index is 11.9. The number of ether oxygens (including phenoxy) is 1. The monoisotopic (exact) mass is 330 g/mol. The maximum absolute atomic E-state index is 11.9. The molecule has 3 fully saturated rings. The van der Waals surface area contributed by atoms with Gasteiger partial charge in [0.05, 0.1) is 6.10 Å². The lowest BCUT2D eigenvalue weighted by Crippen LogP contribution is -2.56. The van der Waals surface area contributed by atoms with E-state index in [1.54, 1.807) is 12.2 Å². The van der Waals surface area contributed by atoms with Gasteiger partial charge in [0.25, 0.3) is 0 Å². The van der Waals surface area contributed by atoms with Gasteiger partial charge in [0.15, 0.2) is 11.4 Å². The highest BCUT2D eigenvalue weighted by molar-refractivity contribution is 6.01. The van der Waals surface area contributed by atoms with Crippen molar-refractivity contribution in [2.75, 3.05) is 0 Å². The molecule has 4 rings (SSSR count). The van der Waals surface area contributed by atoms with Gasteiger partial charge in [-0.15, -0.1) is 0 Å². The van der Waals surface area contributed by atoms with Gasteiger partial charge in [-0.2, -0.15) is 0 Å². The van der Waals surface area contributed by atoms with Crippen molar-refractivity contribution in [1.82, 2.24) is 0 Å². The smallest absolute Gasteiger partial charge is 0.303 e. The molecule has 0 aromatic heterocycles. The topological polar surface area (TPSA) is 63.6 Å². The van der Waals surface area contributed by atoms with Crippen LogP contribution in [0.25, 0.3) is 0 Å². The van der Waals surface area contributed by atoms with E-state index in [1.807, 2.05) is 6.08 Å². The Morgan fingerprint density at radius 3 is 2.79 bits per heavy atom. The van der Waals surface area contributed by atoms with Crippen LogP contribution in [0.15, 0.2) is 23.8 Å². The molecule has 1 N–H and O–H groups in total. The molecule has 0 spiro atoms. The Balaban J connectivity index is 1.75. The quantitative estimate of drug-likeness (QED) is 0.751. The van der Waals surface area contributed by atoms with Crippen LogP contribution in [0.5, 0.6) is 0 Å². The van der Waals surface area contributed by atoms with Crippen LogP contribution in [-0.4, -0.2) is 28.6 Å². The summed E-state index contributed by atoms with van der Waals surface area (Å²) in [6.07, 6.45) is 10.5. The van der Waals surface area contributed by atoms with E-state index in [2.05, 4.69) is 6.92 Å². The van der Waals surface area contributed by atoms with Gasteiger partial charge in [0.1, 0.15) is 0 Å². The summed E-state index contributed by atoms with van der Waals surface area (Å²) in [5.41, 5.74) is 0.222. The van der Waals surface area contributed by atoms with E-state index in [-0.39, 0.29) is 29.2 Å². The van der Waals surface area contributed by atoms with Crippen LogP contribution in [0.4, 0.5) is 0 Å². The summed E-state index contributed by atoms with van der Waals surface area (Å²) in [5.74, 6) is 0.833. The molecule has 0 radical (unpaired) electrons. The van der Waals surface area contributed by atoms with E-state index in [4.69, 9.17) is 4.74 Å². The molecule has 0 aliphatic heterocycles. The standard InChI is InChI=1S/C20H26O4/c1-12(21)24-20-10-7-14(22)11-13(20)3-4-15-16-5-6-18(23)19(16,2)9-8-17(15)20/h7,10-11,15-18,23H,3-6,8-9H2,1-2H3/t15?,16?,17?,18-,19?,20+/m0/s1. The number of esters is 1. The van der Waals surface area contributed by atoms with Gasteiger partial charge in [-0.1, -0.05) is 6.92 Å². The van der Waals surface area contributed by atoms with Gasteiger partial charge in [-0.25, -0.2) is 0 Å². The number of fused-ring (bicyclic) bond motifs is 5. The largest absolute Gasteiger partial charge is 0.450 e. The average Bonchev–Trinajstić information content (AvgIpc) is 2.83. The van der Waals surface area contributed by atoms with E-state index < -0.39 is 5.60 Å². The zero-order chi connectivity index (χ0) is 17.1. The van der Waals surface area contributed by atoms with Crippen LogP contribution in [0.2, 0.25) is 0 Å². The molecule has 3 saturated carbocycles. The van der Waals surface area contributed by atoms with Crippen molar-refractivity contribution in [3.63, 3.8) is 0 Å². The minimum absolute atomic E-state index is 0.00595. The minimum Gasteiger partial charge on any atom is -0.450 e. The molecule has 24 heavy (non-hydrogen) atoms. The van der Waals surface area contributed by atoms with E-state index in [1.165, 1.54) is 6.92 Å². The number of carbonyl (C=O) groups is 2. The number of allylic oxidation sites excluding steroid dienone is 2. The van der Waals surface area contributed by atoms with Crippen molar-refractivity contribution < 1.29 is 19.4 Å². The number of ketones is 1. The van der Waals surface area contributed by atoms with Crippen LogP contribution >= 0.6 is 0 Å². The second-order valence-electron chi connectivity index (χ2n) is 8.35. The molecular formula is C20H26O4. The maximum Gasteiger partial charge on any atom is 0.303 e. The van der Waals surface area contributed by atoms with Crippen molar-refractivity contribution in [3.8, 4) is 0 Å². The predicted molar refractivity (Wildman–Crippen MR) is 89.0 cm³/mol. The first kappa shape index (κ1) is 16.1. The SMILES string of the molecule is CC(=O)O[C@]12C=CC(=O)C=C1CCC1C3CC[C@H](O)C3(C)CCC12. The van der Waals surface area contributed by atoms with Gasteiger partial charge in [-0.3, -0.25) is 9.59 Å². The van der Waals surface area contributed by atoms with Crippen molar-refractivity contribution in [1.29, 1.82) is 0 Å². The Hall–Kier alpha value is -1.42. The number of aliphatic hydroxyl groups is 1. The fraction of sp³-hybridized carbons (Fsp3) is 0.700. The molecular weight excluding hydrogens is 304 g/mol. The van der Waals surface area contributed by atoms with Gasteiger partial charge >= 0.3 is 5.97 Å². The molecule has 0 aromatic carbocycles. The van der Waals surface area contributed by atoms with Crippen LogP contribution in [0, 0.1) is 23.2 Å². The molecule has 4 heteroatoms. The highest BCUT2D eigenvalue weighted by Gasteiger charge is 2.60. The predicted octanol–water partition coefficient (Wildman–Crippen LogP) is 2.95. The molecule has 130 valence electrons. The molecule has 6 atom stereocenters. The number of carbonyl (C=O) groups excluding carboxylic acids is 2. The van der Waals surface area contributed by atoms with Crippen molar-refractivity contribution in [2.24, 2.45) is 23.2 Å². The summed E-state index contributed by atoms with van der Waals surface area (Å²) < 4.78 is 5.90. The van der Waals surface area contributed by atoms with Crippen LogP contribution in [0.1, 0.15) is 52.4 Å². The summed E-state index contributed by atoms with van der Waals surface area (Å²) in [6.45, 7) is 3.68. The summed E-state index contributed by atoms with van der Waals surface area (Å²) in [5, 5.41) is 10.5. The van der Waals surface area contributed by atoms with E-state index in [9.17, 15) is 14.7 Å². The zero-order valence-corrected chi connectivity index (χ0v) is 14.5. The molecule has 4 aliphatic carbocycles. The highest BCUT2D eigenvalue weighted by Crippen LogP contribution is 2.62. The molecule has 0 bridgehead atoms. The Labute approximate surface area is 143 Å². The number of rotatable bonds is 1. The molecule has 0 heterocycles. The number of aliphatic hydroxyl groups excluding tert-OH is 1. The normalized spacial score (nSPS) is 46.6. The molecule has 4 aliphatic rings. The summed E-state index contributed by atoms with van der Waals surface area (Å²) in [6, 6.07) is 0. The van der Waals surface area contributed by atoms with Crippen LogP contribution in [-0.2, 0) is 14.3 Å². The first-order chi connectivity index (χ1) is 11.4. The lowest BCUT2D eigenvalue weighted by Gasteiger charge is -2.56. The van der Waals surface area contributed by atoms with Gasteiger partial charge < -0.3 is 9.84 Å². The second-order valence-corrected chi connectivity index (χ2v) is 8.35. The fourth-order valence-corrected chi connectivity index (χ4v) is 6.21. The Morgan fingerprint density at radius 2 is 2.04 bits per heavy atom. The molecule has 4 unspecified atom stereocenters. The highest BCUT2D eigenvalue weighted by atomic mass is 16.6. The number of hydrogen-bond acceptors (Lipinski definition) is 4. The Bertz CT molecular complexity index is 648. The zero-order valence-electron chi connectivity index (χ0n) is 14.5. The van der Waals surface area contributed by atoms with Crippen molar-refractivity contribution in [2.45, 2.75) is 64.1 Å². The lowest BCUT2D eigenvalue weighted by atomic mass is 9.51. The fourth-order valence-electron chi connectivity index (χ4n) is 6.21. The third-order valence-electron chi connectivity index (χ3n) is 7.31. The number of hydrogen-bond donors (Lipinski definition) is 1. The average molecular weight is 330 g/mol. The summed E-state index contributed by atoms with van der Waals surface area (Å²) in [7, 11) is 0. The van der Waals surface area contributed by atoms with E-state index in [0.29, 0.717) is 11.8 Å². The van der Waals surface area contributed by atoms with Crippen LogP contribution in [0.3, 0.4) is 0 Å². The molecule has 4 nitrogen and oxygen atoms in total. The van der Waals surface area contributed by atoms with Crippen molar-refractivity contribution >= 4 is 11.8 Å². The first-order valence-electron chi connectivity index (χ1n) is 9.19. The van der Waals surface area contributed by atoms with E-state index >= 15 is 0 Å². The molecule has 0 amide bonds. The Morgan fingerprint density at radius 1 is 1.25 bits per heavy atom. The second kappa shape index (κ2) is 5.29. The molecule has 0 aromatic rings. The van der Waals surface area contributed by atoms with Gasteiger partial charge in [-0.05, 0) is 79.6 Å². The van der Waals surface area contributed by atoms with Gasteiger partial charge in [0, 0.05) is 12.8 Å². The Kier molecular flexibility index (Phi) is 3.54. The first-order valence-corrected chi connectivity index (χ1v) is 9.19. The minimum atomic E-state index is -0.739. The lowest BCUT2D eigenvalue weighted by molar-refractivity contribution is -0.165. The third-order valence-corrected chi connectivity index (χ3v) is 7.31. The van der Waals surface area contributed by atoms with Crippen LogP contribution < -0.4 is 0 Å². The summed E-state index contributed by atoms with van der Waals surface area (Å²) in [4.78, 5) is 23.7.